The van der Waals surface area contributed by atoms with Gasteiger partial charge in [-0.3, -0.25) is 19.2 Å². The third-order valence-corrected chi connectivity index (χ3v) is 14.3. The number of nitrogens with one attached hydrogen (secondary N) is 3. The molecule has 1 aliphatic carbocycles. The number of nitrogens with two attached hydrogens (primary N) is 1. The first-order chi connectivity index (χ1) is 28.8. The van der Waals surface area contributed by atoms with Gasteiger partial charge in [-0.15, -0.1) is 23.1 Å². The minimum atomic E-state index is -1.80. The first-order valence-corrected chi connectivity index (χ1v) is 22.0. The standard InChI is InChI=1S/C39H49ClN8O11S2/c1-5-47-15-20(29(50)24-22(47)13-23(49)30(51)25(24)40)31(52)43-17-39(9-7-6-8-10-39)11-12-42-14-19-18(2)61-34-27(33(54)48(34)28(19)35(55)56)45-32(53)26(21-16-60-37(41)44-21)46-59-38(3,4)36(57)58/h13,15-16,18-19,27-28,34,42,49,51H,5-12,14,17H2,1-4H3,(H2,41,44)(H,43,52)(H,45,53)(H,55,56)(H,57,58)/b46-26-/t18-,19?,27+,28?,34+/m0/s1. The van der Waals surface area contributed by atoms with Crippen LogP contribution in [0.3, 0.4) is 0 Å². The molecule has 0 bridgehead atoms. The molecule has 1 aromatic carbocycles. The van der Waals surface area contributed by atoms with Crippen LogP contribution in [-0.2, 0) is 30.6 Å². The van der Waals surface area contributed by atoms with Crippen LogP contribution in [0, 0.1) is 11.3 Å². The van der Waals surface area contributed by atoms with Gasteiger partial charge in [0.2, 0.25) is 16.9 Å². The van der Waals surface area contributed by atoms with E-state index < -0.39 is 81.3 Å². The number of pyridine rings is 1. The summed E-state index contributed by atoms with van der Waals surface area (Å²) in [6.07, 6.45) is 6.62. The number of benzene rings is 1. The van der Waals surface area contributed by atoms with Crippen LogP contribution in [0.1, 0.15) is 82.3 Å². The van der Waals surface area contributed by atoms with Crippen molar-refractivity contribution in [3.63, 3.8) is 0 Å². The summed E-state index contributed by atoms with van der Waals surface area (Å²) in [5.74, 6) is -6.26. The average molecular weight is 905 g/mol. The zero-order valence-corrected chi connectivity index (χ0v) is 36.3. The molecule has 0 radical (unpaired) electrons. The van der Waals surface area contributed by atoms with Crippen molar-refractivity contribution in [2.24, 2.45) is 16.5 Å². The van der Waals surface area contributed by atoms with Crippen LogP contribution < -0.4 is 27.1 Å². The fourth-order valence-electron chi connectivity index (χ4n) is 8.13. The summed E-state index contributed by atoms with van der Waals surface area (Å²) >= 11 is 8.64. The molecular formula is C39H49ClN8O11S2. The lowest BCUT2D eigenvalue weighted by Crippen LogP contribution is -2.77. The van der Waals surface area contributed by atoms with E-state index in [0.717, 1.165) is 43.4 Å². The van der Waals surface area contributed by atoms with Gasteiger partial charge in [-0.2, -0.15) is 0 Å². The average Bonchev–Trinajstić information content (AvgIpc) is 3.65. The molecule has 2 saturated heterocycles. The van der Waals surface area contributed by atoms with Gasteiger partial charge in [-0.25, -0.2) is 14.6 Å². The quantitative estimate of drug-likeness (QED) is 0.0337. The van der Waals surface area contributed by atoms with Crippen molar-refractivity contribution >= 4 is 86.1 Å². The Morgan fingerprint density at radius 1 is 1.15 bits per heavy atom. The molecule has 3 fully saturated rings. The number of hydrogen-bond acceptors (Lipinski definition) is 15. The summed E-state index contributed by atoms with van der Waals surface area (Å²) in [7, 11) is 0. The number of oxime groups is 1. The molecule has 2 unspecified atom stereocenters. The minimum Gasteiger partial charge on any atom is -0.504 e. The van der Waals surface area contributed by atoms with Crippen molar-refractivity contribution in [1.82, 2.24) is 30.4 Å². The number of aromatic hydroxyl groups is 2. The van der Waals surface area contributed by atoms with Crippen LogP contribution in [0.5, 0.6) is 11.5 Å². The van der Waals surface area contributed by atoms with Crippen LogP contribution >= 0.6 is 34.7 Å². The monoisotopic (exact) mass is 904 g/mol. The number of β-lactam (4-membered cyclic amide) rings is 1. The first-order valence-electron chi connectivity index (χ1n) is 19.8. The number of nitrogen functional groups attached to an aromatic ring is 1. The van der Waals surface area contributed by atoms with Crippen LogP contribution in [-0.4, -0.2) is 118 Å². The number of aryl methyl sites for hydroxylation is 1. The van der Waals surface area contributed by atoms with Gasteiger partial charge in [-0.05, 0) is 52.0 Å². The van der Waals surface area contributed by atoms with Gasteiger partial charge < -0.3 is 56.4 Å². The van der Waals surface area contributed by atoms with Crippen LogP contribution in [0.25, 0.3) is 10.9 Å². The highest BCUT2D eigenvalue weighted by atomic mass is 35.5. The van der Waals surface area contributed by atoms with Gasteiger partial charge in [0.1, 0.15) is 28.7 Å². The van der Waals surface area contributed by atoms with E-state index in [1.54, 1.807) is 11.5 Å². The highest BCUT2D eigenvalue weighted by Crippen LogP contribution is 2.45. The SMILES string of the molecule is CCn1cc(C(=O)NCC2(CCNCC3C(C(=O)O)N4C(=O)[C@@H](NC(=O)/C(=N\OC(C)(C)C(=O)O)c5csc(N)n5)[C@H]4S[C@H]3C)CCCCC2)c(=O)c2c(Cl)c(O)c(O)cc21. The number of anilines is 1. The summed E-state index contributed by atoms with van der Waals surface area (Å²) < 4.78 is 1.60. The number of carbonyl (C=O) groups is 5. The third kappa shape index (κ3) is 9.10. The fourth-order valence-corrected chi connectivity index (χ4v) is 10.6. The number of thiazole rings is 1. The van der Waals surface area contributed by atoms with Crippen LogP contribution in [0.2, 0.25) is 5.02 Å². The maximum atomic E-state index is 13.6. The highest BCUT2D eigenvalue weighted by Gasteiger charge is 2.59. The van der Waals surface area contributed by atoms with Gasteiger partial charge in [0.25, 0.3) is 11.8 Å². The molecule has 3 aromatic rings. The molecule has 2 aromatic heterocycles. The molecule has 2 aliphatic heterocycles. The van der Waals surface area contributed by atoms with E-state index in [2.05, 4.69) is 26.1 Å². The van der Waals surface area contributed by atoms with E-state index in [0.29, 0.717) is 19.5 Å². The molecule has 330 valence electrons. The Bertz CT molecular complexity index is 2330. The Kier molecular flexibility index (Phi) is 13.5. The number of thioether (sulfide) groups is 1. The molecule has 3 amide bonds. The normalized spacial score (nSPS) is 22.6. The molecule has 6 rings (SSSR count). The van der Waals surface area contributed by atoms with Gasteiger partial charge in [0.15, 0.2) is 22.3 Å². The summed E-state index contributed by atoms with van der Waals surface area (Å²) in [4.78, 5) is 89.1. The van der Waals surface area contributed by atoms with Crippen molar-refractivity contribution in [1.29, 1.82) is 0 Å². The number of halogens is 1. The Balaban J connectivity index is 1.10. The second kappa shape index (κ2) is 18.1. The minimum absolute atomic E-state index is 0.00224. The molecule has 0 spiro atoms. The Hall–Kier alpha value is -5.12. The molecule has 61 heavy (non-hydrogen) atoms. The molecule has 1 saturated carbocycles. The predicted molar refractivity (Wildman–Crippen MR) is 228 cm³/mol. The number of aliphatic carboxylic acids is 2. The van der Waals surface area contributed by atoms with E-state index in [1.165, 1.54) is 48.2 Å². The number of rotatable bonds is 16. The van der Waals surface area contributed by atoms with Crippen LogP contribution in [0.15, 0.2) is 27.6 Å². The van der Waals surface area contributed by atoms with E-state index in [-0.39, 0.29) is 56.1 Å². The second-order valence-corrected chi connectivity index (χ2v) is 18.9. The number of carbonyl (C=O) groups excluding carboxylic acids is 3. The van der Waals surface area contributed by atoms with Crippen LogP contribution in [0.4, 0.5) is 5.13 Å². The Morgan fingerprint density at radius 3 is 2.48 bits per heavy atom. The summed E-state index contributed by atoms with van der Waals surface area (Å²) in [5.41, 5.74) is 2.69. The number of aromatic nitrogens is 2. The van der Waals surface area contributed by atoms with Crippen molar-refractivity contribution in [2.45, 2.75) is 101 Å². The largest absolute Gasteiger partial charge is 0.504 e. The van der Waals surface area contributed by atoms with Gasteiger partial charge in [0, 0.05) is 48.4 Å². The summed E-state index contributed by atoms with van der Waals surface area (Å²) in [6.45, 7) is 7.52. The van der Waals surface area contributed by atoms with Gasteiger partial charge in [0.05, 0.1) is 15.9 Å². The number of nitrogens with zero attached hydrogens (tertiary/aromatic N) is 4. The lowest BCUT2D eigenvalue weighted by Gasteiger charge is -2.56. The predicted octanol–water partition coefficient (Wildman–Crippen LogP) is 2.93. The molecule has 5 atom stereocenters. The van der Waals surface area contributed by atoms with E-state index in [9.17, 15) is 49.2 Å². The fraction of sp³-hybridized carbons (Fsp3) is 0.538. The molecule has 19 nitrogen and oxygen atoms in total. The number of phenols is 2. The summed E-state index contributed by atoms with van der Waals surface area (Å²) in [5, 5.41) is 53.1. The van der Waals surface area contributed by atoms with Gasteiger partial charge >= 0.3 is 11.9 Å². The zero-order valence-electron chi connectivity index (χ0n) is 33.9. The van der Waals surface area contributed by atoms with Crippen molar-refractivity contribution in [3.05, 3.63) is 44.1 Å². The van der Waals surface area contributed by atoms with E-state index in [4.69, 9.17) is 22.2 Å². The van der Waals surface area contributed by atoms with Crippen molar-refractivity contribution in [2.75, 3.05) is 25.4 Å². The maximum Gasteiger partial charge on any atom is 0.350 e. The number of fused-ring (bicyclic) bond motifs is 2. The van der Waals surface area contributed by atoms with E-state index >= 15 is 0 Å². The number of amides is 3. The Labute approximate surface area is 363 Å². The number of carboxylic acid groups (broad SMARTS) is 2. The number of carboxylic acids is 2. The molecule has 4 heterocycles. The zero-order chi connectivity index (χ0) is 44.6. The molecule has 3 aliphatic rings. The Morgan fingerprint density at radius 2 is 1.85 bits per heavy atom. The first kappa shape index (κ1) is 45.4. The smallest absolute Gasteiger partial charge is 0.350 e. The maximum absolute atomic E-state index is 13.6. The topological polar surface area (TPSA) is 288 Å². The van der Waals surface area contributed by atoms with Crippen molar-refractivity contribution in [3.8, 4) is 11.5 Å². The summed E-state index contributed by atoms with van der Waals surface area (Å²) in [6, 6.07) is -1.07. The second-order valence-electron chi connectivity index (χ2n) is 16.1. The number of hydrogen-bond donors (Lipinski definition) is 8. The lowest BCUT2D eigenvalue weighted by molar-refractivity contribution is -0.165. The highest BCUT2D eigenvalue weighted by molar-refractivity contribution is 8.00. The third-order valence-electron chi connectivity index (χ3n) is 11.7. The van der Waals surface area contributed by atoms with E-state index in [1.807, 2.05) is 6.92 Å². The molecule has 9 N–H and O–H groups in total. The molecular weight excluding hydrogens is 856 g/mol. The lowest BCUT2D eigenvalue weighted by atomic mass is 9.71. The van der Waals surface area contributed by atoms with Crippen molar-refractivity contribution < 1.29 is 49.2 Å². The molecule has 22 heteroatoms. The van der Waals surface area contributed by atoms with Gasteiger partial charge in [-0.1, -0.05) is 42.9 Å². The number of phenolic OH excluding ortho intramolecular Hbond substituents is 2.